The normalized spacial score (nSPS) is 17.5. The van der Waals surface area contributed by atoms with Crippen molar-refractivity contribution >= 4 is 23.4 Å². The molecule has 2 aliphatic rings. The second kappa shape index (κ2) is 8.69. The Morgan fingerprint density at radius 3 is 2.52 bits per heavy atom. The lowest BCUT2D eigenvalue weighted by Gasteiger charge is -2.17. The number of urea groups is 1. The minimum Gasteiger partial charge on any atom is -0.370 e. The molecule has 7 heteroatoms. The Morgan fingerprint density at radius 2 is 1.84 bits per heavy atom. The Morgan fingerprint density at radius 1 is 1.08 bits per heavy atom. The SMILES string of the molecule is O=C(CNC(=O)NCC1CCCC1)Nc1ccc(N2CCCC2)cn1. The van der Waals surface area contributed by atoms with Crippen LogP contribution in [0.3, 0.4) is 0 Å². The van der Waals surface area contributed by atoms with Gasteiger partial charge in [-0.1, -0.05) is 12.8 Å². The van der Waals surface area contributed by atoms with Crippen molar-refractivity contribution in [1.29, 1.82) is 0 Å². The van der Waals surface area contributed by atoms with Gasteiger partial charge in [-0.15, -0.1) is 0 Å². The average molecular weight is 345 g/mol. The van der Waals surface area contributed by atoms with Gasteiger partial charge in [0.2, 0.25) is 5.91 Å². The van der Waals surface area contributed by atoms with E-state index in [4.69, 9.17) is 0 Å². The molecule has 1 aliphatic heterocycles. The van der Waals surface area contributed by atoms with Gasteiger partial charge in [-0.3, -0.25) is 4.79 Å². The first-order chi connectivity index (χ1) is 12.2. The van der Waals surface area contributed by atoms with Crippen LogP contribution >= 0.6 is 0 Å². The number of amides is 3. The number of carbonyl (C=O) groups is 2. The lowest BCUT2D eigenvalue weighted by atomic mass is 10.1. The molecule has 0 spiro atoms. The molecular weight excluding hydrogens is 318 g/mol. The maximum Gasteiger partial charge on any atom is 0.315 e. The molecule has 25 heavy (non-hydrogen) atoms. The third-order valence-corrected chi connectivity index (χ3v) is 4.92. The van der Waals surface area contributed by atoms with E-state index in [1.807, 2.05) is 6.07 Å². The summed E-state index contributed by atoms with van der Waals surface area (Å²) in [5.41, 5.74) is 1.08. The average Bonchev–Trinajstić information content (AvgIpc) is 3.32. The standard InChI is InChI=1S/C18H27N5O2/c24-17(13-21-18(25)20-11-14-5-1-2-6-14)22-16-8-7-15(12-19-16)23-9-3-4-10-23/h7-8,12,14H,1-6,9-11,13H2,(H,19,22,24)(H2,20,21,25). The van der Waals surface area contributed by atoms with E-state index in [0.717, 1.165) is 18.8 Å². The molecule has 0 unspecified atom stereocenters. The summed E-state index contributed by atoms with van der Waals surface area (Å²) in [7, 11) is 0. The van der Waals surface area contributed by atoms with Crippen molar-refractivity contribution in [1.82, 2.24) is 15.6 Å². The van der Waals surface area contributed by atoms with Crippen molar-refractivity contribution < 1.29 is 9.59 Å². The largest absolute Gasteiger partial charge is 0.370 e. The number of hydrogen-bond acceptors (Lipinski definition) is 4. The molecule has 1 aliphatic carbocycles. The van der Waals surface area contributed by atoms with E-state index < -0.39 is 0 Å². The fourth-order valence-corrected chi connectivity index (χ4v) is 3.48. The Labute approximate surface area is 148 Å². The van der Waals surface area contributed by atoms with Crippen molar-refractivity contribution in [3.63, 3.8) is 0 Å². The number of rotatable bonds is 6. The first-order valence-corrected chi connectivity index (χ1v) is 9.23. The van der Waals surface area contributed by atoms with Crippen LogP contribution in [0.25, 0.3) is 0 Å². The third kappa shape index (κ3) is 5.34. The van der Waals surface area contributed by atoms with Crippen molar-refractivity contribution in [3.8, 4) is 0 Å². The molecule has 136 valence electrons. The van der Waals surface area contributed by atoms with E-state index in [9.17, 15) is 9.59 Å². The summed E-state index contributed by atoms with van der Waals surface area (Å²) >= 11 is 0. The van der Waals surface area contributed by atoms with Crippen LogP contribution in [0.15, 0.2) is 18.3 Å². The number of anilines is 2. The van der Waals surface area contributed by atoms with E-state index in [1.165, 1.54) is 38.5 Å². The van der Waals surface area contributed by atoms with Gasteiger partial charge in [0.25, 0.3) is 0 Å². The molecule has 1 aromatic heterocycles. The predicted octanol–water partition coefficient (Wildman–Crippen LogP) is 2.11. The Hall–Kier alpha value is -2.31. The molecule has 1 saturated carbocycles. The van der Waals surface area contributed by atoms with Crippen LogP contribution in [0.2, 0.25) is 0 Å². The van der Waals surface area contributed by atoms with Gasteiger partial charge in [-0.05, 0) is 43.7 Å². The maximum atomic E-state index is 11.9. The number of nitrogens with one attached hydrogen (secondary N) is 3. The zero-order chi connectivity index (χ0) is 17.5. The van der Waals surface area contributed by atoms with Gasteiger partial charge in [0.05, 0.1) is 18.4 Å². The number of aromatic nitrogens is 1. The quantitative estimate of drug-likeness (QED) is 0.737. The van der Waals surface area contributed by atoms with Crippen LogP contribution in [0.1, 0.15) is 38.5 Å². The smallest absolute Gasteiger partial charge is 0.315 e. The molecule has 0 atom stereocenters. The summed E-state index contributed by atoms with van der Waals surface area (Å²) in [6.45, 7) is 2.75. The molecule has 0 bridgehead atoms. The highest BCUT2D eigenvalue weighted by atomic mass is 16.2. The molecular formula is C18H27N5O2. The van der Waals surface area contributed by atoms with Gasteiger partial charge in [-0.2, -0.15) is 0 Å². The summed E-state index contributed by atoms with van der Waals surface area (Å²) in [4.78, 5) is 30.2. The maximum absolute atomic E-state index is 11.9. The number of carbonyl (C=O) groups excluding carboxylic acids is 2. The van der Waals surface area contributed by atoms with Crippen molar-refractivity contribution in [2.75, 3.05) is 36.4 Å². The van der Waals surface area contributed by atoms with E-state index in [-0.39, 0.29) is 18.5 Å². The summed E-state index contributed by atoms with van der Waals surface area (Å²) in [5, 5.41) is 8.12. The fraction of sp³-hybridized carbons (Fsp3) is 0.611. The summed E-state index contributed by atoms with van der Waals surface area (Å²) in [5.74, 6) is 0.802. The molecule has 2 heterocycles. The summed E-state index contributed by atoms with van der Waals surface area (Å²) < 4.78 is 0. The first-order valence-electron chi connectivity index (χ1n) is 9.23. The highest BCUT2D eigenvalue weighted by Crippen LogP contribution is 2.23. The topological polar surface area (TPSA) is 86.4 Å². The molecule has 3 amide bonds. The minimum absolute atomic E-state index is 0.0634. The van der Waals surface area contributed by atoms with Crippen LogP contribution in [-0.2, 0) is 4.79 Å². The highest BCUT2D eigenvalue weighted by Gasteiger charge is 2.16. The molecule has 3 rings (SSSR count). The van der Waals surface area contributed by atoms with Gasteiger partial charge < -0.3 is 20.9 Å². The predicted molar refractivity (Wildman–Crippen MR) is 97.7 cm³/mol. The van der Waals surface area contributed by atoms with Gasteiger partial charge >= 0.3 is 6.03 Å². The molecule has 1 aromatic rings. The Balaban J connectivity index is 1.36. The summed E-state index contributed by atoms with van der Waals surface area (Å²) in [6, 6.07) is 3.47. The van der Waals surface area contributed by atoms with Crippen molar-refractivity contribution in [2.45, 2.75) is 38.5 Å². The van der Waals surface area contributed by atoms with Crippen molar-refractivity contribution in [2.24, 2.45) is 5.92 Å². The van der Waals surface area contributed by atoms with E-state index >= 15 is 0 Å². The molecule has 0 aromatic carbocycles. The molecule has 7 nitrogen and oxygen atoms in total. The van der Waals surface area contributed by atoms with Crippen LogP contribution in [0.5, 0.6) is 0 Å². The molecule has 3 N–H and O–H groups in total. The van der Waals surface area contributed by atoms with Crippen molar-refractivity contribution in [3.05, 3.63) is 18.3 Å². The zero-order valence-electron chi connectivity index (χ0n) is 14.6. The highest BCUT2D eigenvalue weighted by molar-refractivity contribution is 5.93. The molecule has 0 radical (unpaired) electrons. The number of pyridine rings is 1. The zero-order valence-corrected chi connectivity index (χ0v) is 14.6. The minimum atomic E-state index is -0.292. The molecule has 2 fully saturated rings. The van der Waals surface area contributed by atoms with Gasteiger partial charge in [-0.25, -0.2) is 9.78 Å². The van der Waals surface area contributed by atoms with Crippen LogP contribution in [-0.4, -0.2) is 43.1 Å². The third-order valence-electron chi connectivity index (χ3n) is 4.92. The second-order valence-electron chi connectivity index (χ2n) is 6.86. The van der Waals surface area contributed by atoms with Crippen LogP contribution < -0.4 is 20.9 Å². The Kier molecular flexibility index (Phi) is 6.09. The fourth-order valence-electron chi connectivity index (χ4n) is 3.48. The van der Waals surface area contributed by atoms with Gasteiger partial charge in [0, 0.05) is 19.6 Å². The number of hydrogen-bond donors (Lipinski definition) is 3. The van der Waals surface area contributed by atoms with Gasteiger partial charge in [0.15, 0.2) is 0 Å². The van der Waals surface area contributed by atoms with E-state index in [1.54, 1.807) is 12.3 Å². The van der Waals surface area contributed by atoms with Gasteiger partial charge in [0.1, 0.15) is 5.82 Å². The monoisotopic (exact) mass is 345 g/mol. The van der Waals surface area contributed by atoms with Crippen LogP contribution in [0.4, 0.5) is 16.3 Å². The molecule has 1 saturated heterocycles. The van der Waals surface area contributed by atoms with E-state index in [0.29, 0.717) is 18.3 Å². The lowest BCUT2D eigenvalue weighted by Crippen LogP contribution is -2.41. The second-order valence-corrected chi connectivity index (χ2v) is 6.86. The summed E-state index contributed by atoms with van der Waals surface area (Å²) in [6.07, 6.45) is 9.07. The lowest BCUT2D eigenvalue weighted by molar-refractivity contribution is -0.115. The first kappa shape index (κ1) is 17.5. The Bertz CT molecular complexity index is 578. The number of nitrogens with zero attached hydrogens (tertiary/aromatic N) is 2. The van der Waals surface area contributed by atoms with Crippen LogP contribution in [0, 0.1) is 5.92 Å². The van der Waals surface area contributed by atoms with E-state index in [2.05, 4.69) is 25.8 Å².